The maximum atomic E-state index is 5.60. The molecule has 0 N–H and O–H groups in total. The second-order valence-electron chi connectivity index (χ2n) is 8.63. The Kier molecular flexibility index (Phi) is 28.2. The van der Waals surface area contributed by atoms with E-state index in [2.05, 4.69) is 6.92 Å². The van der Waals surface area contributed by atoms with E-state index in [1.165, 1.54) is 25.7 Å². The molecule has 37 heavy (non-hydrogen) atoms. The van der Waals surface area contributed by atoms with Crippen molar-refractivity contribution in [3.8, 4) is 0 Å². The molecule has 0 aliphatic carbocycles. The van der Waals surface area contributed by atoms with Crippen LogP contribution < -0.4 is 0 Å². The molecule has 0 aromatic rings. The van der Waals surface area contributed by atoms with Crippen LogP contribution in [0.3, 0.4) is 0 Å². The zero-order chi connectivity index (χ0) is 26.3. The minimum atomic E-state index is -0.0569. The number of ether oxygens (including phenoxy) is 10. The van der Waals surface area contributed by atoms with Crippen molar-refractivity contribution in [1.29, 1.82) is 0 Å². The summed E-state index contributed by atoms with van der Waals surface area (Å²) in [6.45, 7) is 12.8. The lowest BCUT2D eigenvalue weighted by atomic mass is 10.2. The van der Waals surface area contributed by atoms with Gasteiger partial charge >= 0.3 is 0 Å². The largest absolute Gasteiger partial charge is 0.379 e. The van der Waals surface area contributed by atoms with Gasteiger partial charge in [-0.2, -0.15) is 0 Å². The Balaban J connectivity index is 1.61. The average Bonchev–Trinajstić information content (AvgIpc) is 2.93. The van der Waals surface area contributed by atoms with Crippen LogP contribution in [0.1, 0.15) is 51.9 Å². The van der Waals surface area contributed by atoms with E-state index in [-0.39, 0.29) is 6.29 Å². The highest BCUT2D eigenvalue weighted by molar-refractivity contribution is 4.53. The molecule has 0 amide bonds. The molecule has 0 aromatic heterocycles. The maximum Gasteiger partial charge on any atom is 0.157 e. The molecule has 0 aromatic carbocycles. The fourth-order valence-corrected chi connectivity index (χ4v) is 3.35. The molecular weight excluding hydrogens is 484 g/mol. The van der Waals surface area contributed by atoms with Gasteiger partial charge in [0, 0.05) is 13.2 Å². The van der Waals surface area contributed by atoms with Gasteiger partial charge in [0.1, 0.15) is 0 Å². The van der Waals surface area contributed by atoms with Crippen molar-refractivity contribution in [2.75, 3.05) is 119 Å². The first-order chi connectivity index (χ1) is 18.4. The van der Waals surface area contributed by atoms with E-state index in [9.17, 15) is 0 Å². The van der Waals surface area contributed by atoms with Crippen molar-refractivity contribution >= 4 is 0 Å². The molecule has 0 saturated carbocycles. The van der Waals surface area contributed by atoms with E-state index < -0.39 is 0 Å². The van der Waals surface area contributed by atoms with Crippen LogP contribution in [0, 0.1) is 0 Å². The summed E-state index contributed by atoms with van der Waals surface area (Å²) in [6, 6.07) is 0. The van der Waals surface area contributed by atoms with Crippen LogP contribution in [0.25, 0.3) is 0 Å². The van der Waals surface area contributed by atoms with Crippen LogP contribution >= 0.6 is 0 Å². The van der Waals surface area contributed by atoms with Crippen molar-refractivity contribution in [2.24, 2.45) is 0 Å². The van der Waals surface area contributed by atoms with Gasteiger partial charge in [0.05, 0.1) is 106 Å². The molecule has 0 spiro atoms. The SMILES string of the molecule is CCCCCCOCCOCCOCCOCCOCCOCCOCCOCCOC1CCCCO1. The van der Waals surface area contributed by atoms with Gasteiger partial charge in [-0.25, -0.2) is 0 Å². The first kappa shape index (κ1) is 34.6. The van der Waals surface area contributed by atoms with Crippen LogP contribution in [0.4, 0.5) is 0 Å². The molecule has 1 saturated heterocycles. The van der Waals surface area contributed by atoms with E-state index >= 15 is 0 Å². The summed E-state index contributed by atoms with van der Waals surface area (Å²) in [5, 5.41) is 0. The molecule has 10 nitrogen and oxygen atoms in total. The molecule has 1 aliphatic heterocycles. The molecule has 10 heteroatoms. The van der Waals surface area contributed by atoms with E-state index in [1.807, 2.05) is 0 Å². The van der Waals surface area contributed by atoms with E-state index in [4.69, 9.17) is 47.4 Å². The summed E-state index contributed by atoms with van der Waals surface area (Å²) in [4.78, 5) is 0. The predicted molar refractivity (Wildman–Crippen MR) is 140 cm³/mol. The highest BCUT2D eigenvalue weighted by Gasteiger charge is 2.13. The molecule has 0 bridgehead atoms. The molecule has 1 rings (SSSR count). The first-order valence-electron chi connectivity index (χ1n) is 14.3. The predicted octanol–water partition coefficient (Wildman–Crippen LogP) is 3.24. The van der Waals surface area contributed by atoms with Crippen LogP contribution in [0.5, 0.6) is 0 Å². The molecule has 222 valence electrons. The van der Waals surface area contributed by atoms with Gasteiger partial charge in [0.2, 0.25) is 0 Å². The molecule has 1 fully saturated rings. The second-order valence-corrected chi connectivity index (χ2v) is 8.63. The van der Waals surface area contributed by atoms with E-state index in [1.54, 1.807) is 0 Å². The number of unbranched alkanes of at least 4 members (excludes halogenated alkanes) is 3. The number of hydrogen-bond donors (Lipinski definition) is 0. The van der Waals surface area contributed by atoms with Crippen molar-refractivity contribution in [3.05, 3.63) is 0 Å². The second kappa shape index (κ2) is 30.1. The minimum absolute atomic E-state index is 0.0569. The fraction of sp³-hybridized carbons (Fsp3) is 1.00. The standard InChI is InChI=1S/C27H54O10/c1-2-3-4-6-9-28-11-12-29-13-14-30-15-16-31-17-18-32-19-20-33-21-22-34-23-24-35-25-26-37-27-8-5-7-10-36-27/h27H,2-26H2,1H3. The molecular formula is C27H54O10. The highest BCUT2D eigenvalue weighted by atomic mass is 16.7. The summed E-state index contributed by atoms with van der Waals surface area (Å²) >= 11 is 0. The molecule has 0 radical (unpaired) electrons. The maximum absolute atomic E-state index is 5.60. The smallest absolute Gasteiger partial charge is 0.157 e. The fourth-order valence-electron chi connectivity index (χ4n) is 3.35. The number of hydrogen-bond acceptors (Lipinski definition) is 10. The van der Waals surface area contributed by atoms with E-state index in [0.717, 1.165) is 32.5 Å². The van der Waals surface area contributed by atoms with Crippen LogP contribution in [0.2, 0.25) is 0 Å². The third-order valence-electron chi connectivity index (χ3n) is 5.42. The Bertz CT molecular complexity index is 424. The van der Waals surface area contributed by atoms with E-state index in [0.29, 0.717) is 106 Å². The third kappa shape index (κ3) is 27.0. The molecule has 1 aliphatic rings. The Morgan fingerprint density at radius 1 is 0.459 bits per heavy atom. The number of rotatable bonds is 30. The van der Waals surface area contributed by atoms with Gasteiger partial charge in [-0.05, 0) is 25.7 Å². The van der Waals surface area contributed by atoms with Gasteiger partial charge in [0.15, 0.2) is 6.29 Å². The summed E-state index contributed by atoms with van der Waals surface area (Å²) in [5.41, 5.74) is 0. The monoisotopic (exact) mass is 538 g/mol. The van der Waals surface area contributed by atoms with Crippen molar-refractivity contribution in [2.45, 2.75) is 58.2 Å². The average molecular weight is 539 g/mol. The Hall–Kier alpha value is -0.400. The normalized spacial score (nSPS) is 16.0. The summed E-state index contributed by atoms with van der Waals surface area (Å²) in [7, 11) is 0. The Morgan fingerprint density at radius 3 is 1.24 bits per heavy atom. The zero-order valence-electron chi connectivity index (χ0n) is 23.3. The Labute approximate surface area is 224 Å². The zero-order valence-corrected chi connectivity index (χ0v) is 23.3. The molecule has 1 atom stereocenters. The van der Waals surface area contributed by atoms with Gasteiger partial charge in [0.25, 0.3) is 0 Å². The van der Waals surface area contributed by atoms with Crippen LogP contribution in [0.15, 0.2) is 0 Å². The van der Waals surface area contributed by atoms with Gasteiger partial charge in [-0.15, -0.1) is 0 Å². The summed E-state index contributed by atoms with van der Waals surface area (Å²) in [6.07, 6.45) is 8.14. The van der Waals surface area contributed by atoms with Crippen molar-refractivity contribution in [3.63, 3.8) is 0 Å². The lowest BCUT2D eigenvalue weighted by molar-refractivity contribution is -0.169. The lowest BCUT2D eigenvalue weighted by Gasteiger charge is -2.22. The van der Waals surface area contributed by atoms with Crippen LogP contribution in [-0.2, 0) is 47.4 Å². The van der Waals surface area contributed by atoms with Crippen LogP contribution in [-0.4, -0.2) is 125 Å². The van der Waals surface area contributed by atoms with Gasteiger partial charge < -0.3 is 47.4 Å². The van der Waals surface area contributed by atoms with Gasteiger partial charge in [-0.3, -0.25) is 0 Å². The first-order valence-corrected chi connectivity index (χ1v) is 14.3. The highest BCUT2D eigenvalue weighted by Crippen LogP contribution is 2.13. The minimum Gasteiger partial charge on any atom is -0.379 e. The lowest BCUT2D eigenvalue weighted by Crippen LogP contribution is -2.24. The Morgan fingerprint density at radius 2 is 0.865 bits per heavy atom. The van der Waals surface area contributed by atoms with Crippen molar-refractivity contribution in [1.82, 2.24) is 0 Å². The molecule has 1 heterocycles. The van der Waals surface area contributed by atoms with Crippen molar-refractivity contribution < 1.29 is 47.4 Å². The third-order valence-corrected chi connectivity index (χ3v) is 5.42. The molecule has 1 unspecified atom stereocenters. The summed E-state index contributed by atoms with van der Waals surface area (Å²) < 4.78 is 54.9. The quantitative estimate of drug-likeness (QED) is 0.127. The topological polar surface area (TPSA) is 92.3 Å². The van der Waals surface area contributed by atoms with Gasteiger partial charge in [-0.1, -0.05) is 26.2 Å². The summed E-state index contributed by atoms with van der Waals surface area (Å²) in [5.74, 6) is 0.